The molecule has 2 N–H and O–H groups in total. The number of rotatable bonds is 7. The molecule has 0 aliphatic heterocycles. The van der Waals surface area contributed by atoms with E-state index >= 15 is 0 Å². The fraction of sp³-hybridized carbons (Fsp3) is 0.188. The van der Waals surface area contributed by atoms with Crippen LogP contribution in [0.1, 0.15) is 0 Å². The molecule has 2 rings (SSSR count). The number of halogens is 2. The second-order valence-corrected chi connectivity index (χ2v) is 7.09. The molecule has 134 valence electrons. The molecular weight excluding hydrogens is 354 g/mol. The Morgan fingerprint density at radius 2 is 1.76 bits per heavy atom. The molecule has 9 heteroatoms. The van der Waals surface area contributed by atoms with Crippen LogP contribution in [-0.4, -0.2) is 33.7 Å². The third kappa shape index (κ3) is 5.71. The number of sulfone groups is 1. The second-order valence-electron chi connectivity index (χ2n) is 5.07. The van der Waals surface area contributed by atoms with Gasteiger partial charge in [-0.15, -0.1) is 0 Å². The van der Waals surface area contributed by atoms with E-state index in [0.717, 1.165) is 6.26 Å². The number of benzene rings is 2. The number of ether oxygens (including phenoxy) is 1. The van der Waals surface area contributed by atoms with Crippen LogP contribution < -0.4 is 15.4 Å². The summed E-state index contributed by atoms with van der Waals surface area (Å²) in [6.07, 6.45) is 1.10. The molecular formula is C16H16F2N2O4S. The Balaban J connectivity index is 1.95. The number of amides is 1. The van der Waals surface area contributed by atoms with Gasteiger partial charge in [0.15, 0.2) is 9.84 Å². The van der Waals surface area contributed by atoms with E-state index in [1.807, 2.05) is 0 Å². The monoisotopic (exact) mass is 370 g/mol. The summed E-state index contributed by atoms with van der Waals surface area (Å²) in [7, 11) is -3.29. The zero-order chi connectivity index (χ0) is 18.4. The molecule has 2 aromatic rings. The van der Waals surface area contributed by atoms with Crippen LogP contribution in [0, 0.1) is 0 Å². The van der Waals surface area contributed by atoms with Gasteiger partial charge in [0.2, 0.25) is 5.91 Å². The number of carbonyl (C=O) groups is 1. The first-order chi connectivity index (χ1) is 11.8. The number of hydrogen-bond donors (Lipinski definition) is 2. The molecule has 0 saturated heterocycles. The quantitative estimate of drug-likeness (QED) is 0.783. The maximum absolute atomic E-state index is 12.3. The molecule has 6 nitrogen and oxygen atoms in total. The topological polar surface area (TPSA) is 84.5 Å². The van der Waals surface area contributed by atoms with Crippen molar-refractivity contribution in [2.45, 2.75) is 11.5 Å². The number of nitrogens with one attached hydrogen (secondary N) is 2. The molecule has 0 atom stereocenters. The molecule has 0 aliphatic carbocycles. The van der Waals surface area contributed by atoms with Crippen molar-refractivity contribution in [3.8, 4) is 5.75 Å². The van der Waals surface area contributed by atoms with Crippen LogP contribution in [0.5, 0.6) is 5.75 Å². The highest BCUT2D eigenvalue weighted by Gasteiger charge is 2.11. The predicted molar refractivity (Wildman–Crippen MR) is 89.7 cm³/mol. The van der Waals surface area contributed by atoms with Crippen molar-refractivity contribution in [1.29, 1.82) is 0 Å². The summed E-state index contributed by atoms with van der Waals surface area (Å²) in [5, 5.41) is 5.27. The third-order valence-corrected chi connectivity index (χ3v) is 4.24. The molecule has 0 spiro atoms. The minimum absolute atomic E-state index is 0.127. The maximum atomic E-state index is 12.3. The second kappa shape index (κ2) is 7.93. The highest BCUT2D eigenvalue weighted by molar-refractivity contribution is 7.90. The Bertz CT molecular complexity index is 839. The molecule has 0 bridgehead atoms. The van der Waals surface area contributed by atoms with Crippen LogP contribution >= 0.6 is 0 Å². The predicted octanol–water partition coefficient (Wildman–Crippen LogP) is 2.74. The van der Waals surface area contributed by atoms with Gasteiger partial charge in [0, 0.05) is 11.9 Å². The molecule has 1 amide bonds. The average Bonchev–Trinajstić information content (AvgIpc) is 2.54. The van der Waals surface area contributed by atoms with Crippen LogP contribution in [0.15, 0.2) is 53.4 Å². The number of carbonyl (C=O) groups excluding carboxylic acids is 1. The van der Waals surface area contributed by atoms with Crippen molar-refractivity contribution < 1.29 is 26.7 Å². The average molecular weight is 370 g/mol. The van der Waals surface area contributed by atoms with Crippen LogP contribution in [-0.2, 0) is 14.6 Å². The molecule has 0 aromatic heterocycles. The lowest BCUT2D eigenvalue weighted by atomic mass is 10.3. The van der Waals surface area contributed by atoms with E-state index in [-0.39, 0.29) is 22.9 Å². The zero-order valence-electron chi connectivity index (χ0n) is 13.2. The number of para-hydroxylation sites is 2. The molecule has 2 aromatic carbocycles. The Morgan fingerprint density at radius 3 is 2.36 bits per heavy atom. The van der Waals surface area contributed by atoms with E-state index < -0.39 is 22.4 Å². The summed E-state index contributed by atoms with van der Waals surface area (Å²) in [5.41, 5.74) is 0.668. The van der Waals surface area contributed by atoms with Gasteiger partial charge in [-0.3, -0.25) is 4.79 Å². The first-order valence-electron chi connectivity index (χ1n) is 7.13. The van der Waals surface area contributed by atoms with E-state index in [9.17, 15) is 22.0 Å². The van der Waals surface area contributed by atoms with E-state index in [1.54, 1.807) is 6.07 Å². The number of anilines is 2. The summed E-state index contributed by atoms with van der Waals surface area (Å²) in [6, 6.07) is 11.7. The van der Waals surface area contributed by atoms with Crippen molar-refractivity contribution in [2.24, 2.45) is 0 Å². The first kappa shape index (κ1) is 18.7. The molecule has 0 radical (unpaired) electrons. The van der Waals surface area contributed by atoms with Gasteiger partial charge in [-0.2, -0.15) is 8.78 Å². The molecule has 0 aliphatic rings. The summed E-state index contributed by atoms with van der Waals surface area (Å²) in [5.74, 6) is -0.610. The third-order valence-electron chi connectivity index (χ3n) is 3.11. The van der Waals surface area contributed by atoms with Crippen LogP contribution in [0.4, 0.5) is 20.2 Å². The van der Waals surface area contributed by atoms with Gasteiger partial charge in [0.25, 0.3) is 0 Å². The fourth-order valence-corrected chi connectivity index (χ4v) is 2.60. The molecule has 0 saturated carbocycles. The normalized spacial score (nSPS) is 11.2. The summed E-state index contributed by atoms with van der Waals surface area (Å²) in [6.45, 7) is -3.13. The highest BCUT2D eigenvalue weighted by atomic mass is 32.2. The van der Waals surface area contributed by atoms with Gasteiger partial charge >= 0.3 is 6.61 Å². The van der Waals surface area contributed by atoms with Gasteiger partial charge in [0.05, 0.1) is 17.1 Å². The van der Waals surface area contributed by atoms with Crippen LogP contribution in [0.25, 0.3) is 0 Å². The molecule has 0 fully saturated rings. The Kier molecular flexibility index (Phi) is 5.92. The maximum Gasteiger partial charge on any atom is 0.387 e. The van der Waals surface area contributed by atoms with E-state index in [2.05, 4.69) is 15.4 Å². The van der Waals surface area contributed by atoms with Gasteiger partial charge < -0.3 is 15.4 Å². The largest absolute Gasteiger partial charge is 0.433 e. The van der Waals surface area contributed by atoms with Crippen LogP contribution in [0.2, 0.25) is 0 Å². The SMILES string of the molecule is CS(=O)(=O)c1ccc(NCC(=O)Nc2ccccc2OC(F)F)cc1. The lowest BCUT2D eigenvalue weighted by molar-refractivity contribution is -0.114. The van der Waals surface area contributed by atoms with Crippen molar-refractivity contribution >= 4 is 27.1 Å². The smallest absolute Gasteiger partial charge is 0.387 e. The van der Waals surface area contributed by atoms with Crippen molar-refractivity contribution in [3.05, 3.63) is 48.5 Å². The summed E-state index contributed by atoms with van der Waals surface area (Å²) < 4.78 is 51.7. The minimum Gasteiger partial charge on any atom is -0.433 e. The summed E-state index contributed by atoms with van der Waals surface area (Å²) >= 11 is 0. The van der Waals surface area contributed by atoms with E-state index in [4.69, 9.17) is 0 Å². The van der Waals surface area contributed by atoms with E-state index in [0.29, 0.717) is 5.69 Å². The van der Waals surface area contributed by atoms with E-state index in [1.165, 1.54) is 42.5 Å². The zero-order valence-corrected chi connectivity index (χ0v) is 14.0. The lowest BCUT2D eigenvalue weighted by Crippen LogP contribution is -2.22. The lowest BCUT2D eigenvalue weighted by Gasteiger charge is -2.12. The van der Waals surface area contributed by atoms with Gasteiger partial charge in [-0.1, -0.05) is 12.1 Å². The minimum atomic E-state index is -3.29. The van der Waals surface area contributed by atoms with Crippen LogP contribution in [0.3, 0.4) is 0 Å². The molecule has 0 unspecified atom stereocenters. The molecule has 25 heavy (non-hydrogen) atoms. The Morgan fingerprint density at radius 1 is 1.12 bits per heavy atom. The Hall–Kier alpha value is -2.68. The van der Waals surface area contributed by atoms with Gasteiger partial charge in [-0.25, -0.2) is 8.42 Å². The van der Waals surface area contributed by atoms with Crippen molar-refractivity contribution in [3.63, 3.8) is 0 Å². The van der Waals surface area contributed by atoms with Gasteiger partial charge in [-0.05, 0) is 36.4 Å². The standard InChI is InChI=1S/C16H16F2N2O4S/c1-25(22,23)12-8-6-11(7-9-12)19-10-15(21)20-13-4-2-3-5-14(13)24-16(17)18/h2-9,16,19H,10H2,1H3,(H,20,21). The number of hydrogen-bond acceptors (Lipinski definition) is 5. The first-order valence-corrected chi connectivity index (χ1v) is 9.02. The fourth-order valence-electron chi connectivity index (χ4n) is 1.97. The Labute approximate surface area is 143 Å². The van der Waals surface area contributed by atoms with Crippen molar-refractivity contribution in [2.75, 3.05) is 23.4 Å². The number of alkyl halides is 2. The molecule has 0 heterocycles. The summed E-state index contributed by atoms with van der Waals surface area (Å²) in [4.78, 5) is 12.1. The van der Waals surface area contributed by atoms with Crippen molar-refractivity contribution in [1.82, 2.24) is 0 Å². The highest BCUT2D eigenvalue weighted by Crippen LogP contribution is 2.25. The van der Waals surface area contributed by atoms with Gasteiger partial charge in [0.1, 0.15) is 5.75 Å².